The van der Waals surface area contributed by atoms with Crippen molar-refractivity contribution in [2.24, 2.45) is 0 Å². The van der Waals surface area contributed by atoms with Gasteiger partial charge in [0, 0.05) is 19.1 Å². The highest BCUT2D eigenvalue weighted by Gasteiger charge is 2.18. The maximum atomic E-state index is 3.62. The van der Waals surface area contributed by atoms with Gasteiger partial charge in [-0.05, 0) is 43.0 Å². The minimum atomic E-state index is 0.598. The van der Waals surface area contributed by atoms with Gasteiger partial charge in [0.05, 0.1) is 0 Å². The summed E-state index contributed by atoms with van der Waals surface area (Å²) < 4.78 is 0. The Hall–Kier alpha value is -0.860. The molecule has 1 aromatic rings. The molecule has 0 spiro atoms. The van der Waals surface area contributed by atoms with E-state index < -0.39 is 0 Å². The molecule has 1 aliphatic heterocycles. The van der Waals surface area contributed by atoms with Crippen LogP contribution in [0.2, 0.25) is 0 Å². The van der Waals surface area contributed by atoms with Gasteiger partial charge in [0.25, 0.3) is 0 Å². The van der Waals surface area contributed by atoms with E-state index in [1.54, 1.807) is 5.56 Å². The van der Waals surface area contributed by atoms with Crippen LogP contribution in [0.1, 0.15) is 36.5 Å². The monoisotopic (exact) mass is 232 g/mol. The Morgan fingerprint density at radius 2 is 2.29 bits per heavy atom. The Labute approximate surface area is 105 Å². The Bertz CT molecular complexity index is 360. The summed E-state index contributed by atoms with van der Waals surface area (Å²) in [6.45, 7) is 7.73. The zero-order valence-corrected chi connectivity index (χ0v) is 11.1. The molecule has 1 aromatic carbocycles. The number of unbranched alkanes of at least 4 members (excludes halogenated alkanes) is 1. The maximum Gasteiger partial charge on any atom is 0.0236 e. The van der Waals surface area contributed by atoms with Crippen LogP contribution in [-0.4, -0.2) is 19.1 Å². The standard InChI is InChI=1S/C15H24N2/c1-3-4-8-16-11-14-9-15-12(2)6-5-7-13(15)10-17-14/h5-7,14,16-17H,3-4,8-11H2,1-2H3/t14-/m1/s1. The lowest BCUT2D eigenvalue weighted by molar-refractivity contribution is 0.444. The molecule has 0 radical (unpaired) electrons. The number of aryl methyl sites for hydroxylation is 1. The number of benzene rings is 1. The van der Waals surface area contributed by atoms with E-state index in [4.69, 9.17) is 0 Å². The topological polar surface area (TPSA) is 24.1 Å². The van der Waals surface area contributed by atoms with Crippen molar-refractivity contribution in [1.82, 2.24) is 10.6 Å². The first-order valence-corrected chi connectivity index (χ1v) is 6.82. The van der Waals surface area contributed by atoms with Gasteiger partial charge in [0.1, 0.15) is 0 Å². The van der Waals surface area contributed by atoms with Crippen LogP contribution >= 0.6 is 0 Å². The first kappa shape index (κ1) is 12.6. The third-order valence-electron chi connectivity index (χ3n) is 3.64. The van der Waals surface area contributed by atoms with Crippen LogP contribution in [0.3, 0.4) is 0 Å². The second kappa shape index (κ2) is 6.18. The predicted molar refractivity (Wildman–Crippen MR) is 73.3 cm³/mol. The average Bonchev–Trinajstić information content (AvgIpc) is 2.36. The number of hydrogen-bond donors (Lipinski definition) is 2. The molecular weight excluding hydrogens is 208 g/mol. The normalized spacial score (nSPS) is 19.1. The van der Waals surface area contributed by atoms with Gasteiger partial charge in [-0.15, -0.1) is 0 Å². The van der Waals surface area contributed by atoms with Gasteiger partial charge in [-0.25, -0.2) is 0 Å². The summed E-state index contributed by atoms with van der Waals surface area (Å²) in [7, 11) is 0. The van der Waals surface area contributed by atoms with E-state index in [-0.39, 0.29) is 0 Å². The van der Waals surface area contributed by atoms with Crippen molar-refractivity contribution in [3.63, 3.8) is 0 Å². The molecule has 2 nitrogen and oxygen atoms in total. The summed E-state index contributed by atoms with van der Waals surface area (Å²) >= 11 is 0. The van der Waals surface area contributed by atoms with Gasteiger partial charge < -0.3 is 10.6 Å². The fraction of sp³-hybridized carbons (Fsp3) is 0.600. The fourth-order valence-electron chi connectivity index (χ4n) is 2.52. The van der Waals surface area contributed by atoms with E-state index >= 15 is 0 Å². The van der Waals surface area contributed by atoms with Crippen LogP contribution in [-0.2, 0) is 13.0 Å². The molecule has 1 atom stereocenters. The number of nitrogens with one attached hydrogen (secondary N) is 2. The summed E-state index contributed by atoms with van der Waals surface area (Å²) in [6.07, 6.45) is 3.72. The van der Waals surface area contributed by atoms with Crippen LogP contribution in [0.15, 0.2) is 18.2 Å². The smallest absolute Gasteiger partial charge is 0.0236 e. The summed E-state index contributed by atoms with van der Waals surface area (Å²) in [5, 5.41) is 7.16. The molecule has 0 aliphatic carbocycles. The molecule has 0 saturated carbocycles. The Morgan fingerprint density at radius 3 is 3.12 bits per heavy atom. The molecule has 17 heavy (non-hydrogen) atoms. The lowest BCUT2D eigenvalue weighted by Crippen LogP contribution is -2.43. The van der Waals surface area contributed by atoms with Crippen LogP contribution in [0.4, 0.5) is 0 Å². The maximum absolute atomic E-state index is 3.62. The Balaban J connectivity index is 1.87. The molecule has 0 fully saturated rings. The SMILES string of the molecule is CCCCNC[C@H]1Cc2c(C)cccc2CN1. The largest absolute Gasteiger partial charge is 0.315 e. The molecule has 94 valence electrons. The van der Waals surface area contributed by atoms with E-state index in [2.05, 4.69) is 42.7 Å². The quantitative estimate of drug-likeness (QED) is 0.762. The van der Waals surface area contributed by atoms with Crippen molar-refractivity contribution in [2.45, 2.75) is 45.7 Å². The second-order valence-corrected chi connectivity index (χ2v) is 5.05. The highest BCUT2D eigenvalue weighted by atomic mass is 15.0. The van der Waals surface area contributed by atoms with Gasteiger partial charge in [-0.3, -0.25) is 0 Å². The van der Waals surface area contributed by atoms with E-state index in [1.165, 1.54) is 30.4 Å². The van der Waals surface area contributed by atoms with E-state index in [0.29, 0.717) is 6.04 Å². The third-order valence-corrected chi connectivity index (χ3v) is 3.64. The van der Waals surface area contributed by atoms with Crippen LogP contribution in [0.5, 0.6) is 0 Å². The molecule has 0 saturated heterocycles. The summed E-state index contributed by atoms with van der Waals surface area (Å²) in [6, 6.07) is 7.23. The van der Waals surface area contributed by atoms with Gasteiger partial charge in [0.2, 0.25) is 0 Å². The Morgan fingerprint density at radius 1 is 1.41 bits per heavy atom. The summed E-state index contributed by atoms with van der Waals surface area (Å²) in [4.78, 5) is 0. The number of fused-ring (bicyclic) bond motifs is 1. The first-order valence-electron chi connectivity index (χ1n) is 6.82. The highest BCUT2D eigenvalue weighted by molar-refractivity contribution is 5.36. The lowest BCUT2D eigenvalue weighted by Gasteiger charge is -2.27. The van der Waals surface area contributed by atoms with Crippen molar-refractivity contribution in [1.29, 1.82) is 0 Å². The minimum Gasteiger partial charge on any atom is -0.315 e. The van der Waals surface area contributed by atoms with Gasteiger partial charge in [-0.2, -0.15) is 0 Å². The summed E-state index contributed by atoms with van der Waals surface area (Å²) in [5.74, 6) is 0. The molecule has 2 heteroatoms. The third kappa shape index (κ3) is 3.30. The molecule has 0 bridgehead atoms. The Kier molecular flexibility index (Phi) is 4.57. The van der Waals surface area contributed by atoms with Crippen molar-refractivity contribution in [3.8, 4) is 0 Å². The van der Waals surface area contributed by atoms with E-state index in [1.807, 2.05) is 0 Å². The molecular formula is C15H24N2. The van der Waals surface area contributed by atoms with Crippen molar-refractivity contribution in [3.05, 3.63) is 34.9 Å². The molecule has 0 amide bonds. The zero-order chi connectivity index (χ0) is 12.1. The van der Waals surface area contributed by atoms with E-state index in [9.17, 15) is 0 Å². The van der Waals surface area contributed by atoms with Crippen molar-refractivity contribution >= 4 is 0 Å². The number of rotatable bonds is 5. The second-order valence-electron chi connectivity index (χ2n) is 5.05. The fourth-order valence-corrected chi connectivity index (χ4v) is 2.52. The summed E-state index contributed by atoms with van der Waals surface area (Å²) in [5.41, 5.74) is 4.49. The van der Waals surface area contributed by atoms with E-state index in [0.717, 1.165) is 19.6 Å². The van der Waals surface area contributed by atoms with Crippen LogP contribution < -0.4 is 10.6 Å². The zero-order valence-electron chi connectivity index (χ0n) is 11.1. The van der Waals surface area contributed by atoms with Crippen LogP contribution in [0, 0.1) is 6.92 Å². The van der Waals surface area contributed by atoms with Gasteiger partial charge >= 0.3 is 0 Å². The average molecular weight is 232 g/mol. The minimum absolute atomic E-state index is 0.598. The molecule has 0 aromatic heterocycles. The molecule has 1 heterocycles. The molecule has 2 rings (SSSR count). The van der Waals surface area contributed by atoms with Crippen molar-refractivity contribution in [2.75, 3.05) is 13.1 Å². The molecule has 1 aliphatic rings. The highest BCUT2D eigenvalue weighted by Crippen LogP contribution is 2.20. The molecule has 0 unspecified atom stereocenters. The first-order chi connectivity index (χ1) is 8.31. The van der Waals surface area contributed by atoms with Gasteiger partial charge in [0.15, 0.2) is 0 Å². The van der Waals surface area contributed by atoms with Gasteiger partial charge in [-0.1, -0.05) is 31.5 Å². The van der Waals surface area contributed by atoms with Crippen molar-refractivity contribution < 1.29 is 0 Å². The predicted octanol–water partition coefficient (Wildman–Crippen LogP) is 2.40. The molecule has 2 N–H and O–H groups in total. The number of hydrogen-bond acceptors (Lipinski definition) is 2. The van der Waals surface area contributed by atoms with Crippen LogP contribution in [0.25, 0.3) is 0 Å². The lowest BCUT2D eigenvalue weighted by atomic mass is 9.92.